The molecule has 0 amide bonds. The van der Waals surface area contributed by atoms with Gasteiger partial charge >= 0.3 is 0 Å². The maximum atomic E-state index is 10.3. The fraction of sp³-hybridized carbons (Fsp3) is 1.00. The van der Waals surface area contributed by atoms with Crippen LogP contribution in [0.5, 0.6) is 0 Å². The van der Waals surface area contributed by atoms with Crippen LogP contribution in [-0.2, 0) is 0 Å². The second-order valence-electron chi connectivity index (χ2n) is 5.05. The summed E-state index contributed by atoms with van der Waals surface area (Å²) in [5.74, 6) is 0.623. The van der Waals surface area contributed by atoms with Gasteiger partial charge in [-0.3, -0.25) is 4.90 Å². The van der Waals surface area contributed by atoms with Crippen LogP contribution >= 0.6 is 0 Å². The Hall–Kier alpha value is -0.120. The van der Waals surface area contributed by atoms with Crippen LogP contribution in [0.4, 0.5) is 0 Å². The first-order valence-corrected chi connectivity index (χ1v) is 6.21. The zero-order valence-corrected chi connectivity index (χ0v) is 10.4. The molecule has 2 unspecified atom stereocenters. The molecule has 0 saturated carbocycles. The lowest BCUT2D eigenvalue weighted by Gasteiger charge is -2.33. The number of nitrogens with two attached hydrogens (primary N) is 1. The number of hydrogen-bond acceptors (Lipinski definition) is 3. The number of aliphatic hydroxyl groups is 1. The van der Waals surface area contributed by atoms with E-state index >= 15 is 0 Å². The second kappa shape index (κ2) is 5.28. The highest BCUT2D eigenvalue weighted by atomic mass is 16.3. The number of likely N-dealkylation sites (tertiary alicyclic amines) is 1. The third-order valence-electron chi connectivity index (χ3n) is 3.94. The number of β-amino-alcohol motifs (C(OH)–C–C–N with tert-alkyl or cyclic N) is 1. The van der Waals surface area contributed by atoms with Crippen molar-refractivity contribution in [1.82, 2.24) is 4.90 Å². The van der Waals surface area contributed by atoms with Gasteiger partial charge in [0.25, 0.3) is 0 Å². The smallest absolute Gasteiger partial charge is 0.0769 e. The summed E-state index contributed by atoms with van der Waals surface area (Å²) in [6.45, 7) is 8.99. The van der Waals surface area contributed by atoms with Crippen LogP contribution < -0.4 is 5.73 Å². The van der Waals surface area contributed by atoms with Gasteiger partial charge in [-0.2, -0.15) is 0 Å². The molecular formula is C12H26N2O. The molecule has 0 aromatic rings. The average Bonchev–Trinajstić information content (AvgIpc) is 2.59. The third-order valence-corrected chi connectivity index (χ3v) is 3.94. The normalized spacial score (nSPS) is 28.6. The Morgan fingerprint density at radius 2 is 2.00 bits per heavy atom. The summed E-state index contributed by atoms with van der Waals surface area (Å²) < 4.78 is 0. The first-order chi connectivity index (χ1) is 7.04. The number of nitrogens with zero attached hydrogens (tertiary/aromatic N) is 1. The third kappa shape index (κ3) is 3.16. The van der Waals surface area contributed by atoms with Gasteiger partial charge in [-0.25, -0.2) is 0 Å². The van der Waals surface area contributed by atoms with Gasteiger partial charge < -0.3 is 10.8 Å². The minimum Gasteiger partial charge on any atom is -0.389 e. The average molecular weight is 214 g/mol. The van der Waals surface area contributed by atoms with Crippen molar-refractivity contribution < 1.29 is 5.11 Å². The predicted molar refractivity (Wildman–Crippen MR) is 63.7 cm³/mol. The second-order valence-corrected chi connectivity index (χ2v) is 5.05. The molecule has 2 atom stereocenters. The number of rotatable bonds is 5. The highest BCUT2D eigenvalue weighted by molar-refractivity contribution is 4.88. The summed E-state index contributed by atoms with van der Waals surface area (Å²) in [7, 11) is 0. The molecule has 3 nitrogen and oxygen atoms in total. The molecule has 0 radical (unpaired) electrons. The van der Waals surface area contributed by atoms with E-state index in [4.69, 9.17) is 5.73 Å². The first kappa shape index (κ1) is 12.9. The van der Waals surface area contributed by atoms with Gasteiger partial charge in [0, 0.05) is 19.1 Å². The zero-order chi connectivity index (χ0) is 11.5. The Balaban J connectivity index is 2.51. The van der Waals surface area contributed by atoms with E-state index in [1.54, 1.807) is 0 Å². The van der Waals surface area contributed by atoms with E-state index in [0.29, 0.717) is 12.0 Å². The molecule has 0 aromatic carbocycles. The van der Waals surface area contributed by atoms with Crippen LogP contribution in [0.15, 0.2) is 0 Å². The van der Waals surface area contributed by atoms with Crippen molar-refractivity contribution >= 4 is 0 Å². The first-order valence-electron chi connectivity index (χ1n) is 6.21. The molecular weight excluding hydrogens is 188 g/mol. The maximum Gasteiger partial charge on any atom is 0.0769 e. The van der Waals surface area contributed by atoms with Crippen LogP contribution in [-0.4, -0.2) is 41.3 Å². The van der Waals surface area contributed by atoms with E-state index in [1.165, 1.54) is 6.42 Å². The van der Waals surface area contributed by atoms with E-state index in [0.717, 1.165) is 32.5 Å². The summed E-state index contributed by atoms with van der Waals surface area (Å²) in [4.78, 5) is 2.39. The van der Waals surface area contributed by atoms with Gasteiger partial charge in [0.1, 0.15) is 0 Å². The van der Waals surface area contributed by atoms with Crippen molar-refractivity contribution in [1.29, 1.82) is 0 Å². The molecule has 3 heteroatoms. The molecule has 1 aliphatic rings. The van der Waals surface area contributed by atoms with Crippen LogP contribution in [0.3, 0.4) is 0 Å². The molecule has 1 aliphatic heterocycles. The van der Waals surface area contributed by atoms with E-state index < -0.39 is 5.60 Å². The van der Waals surface area contributed by atoms with Crippen LogP contribution in [0, 0.1) is 5.92 Å². The molecule has 0 spiro atoms. The topological polar surface area (TPSA) is 49.5 Å². The van der Waals surface area contributed by atoms with Gasteiger partial charge in [-0.15, -0.1) is 0 Å². The molecule has 1 saturated heterocycles. The fourth-order valence-corrected chi connectivity index (χ4v) is 2.46. The van der Waals surface area contributed by atoms with Gasteiger partial charge in [0.2, 0.25) is 0 Å². The lowest BCUT2D eigenvalue weighted by Crippen LogP contribution is -2.43. The van der Waals surface area contributed by atoms with Gasteiger partial charge in [0.15, 0.2) is 0 Å². The molecule has 1 fully saturated rings. The van der Waals surface area contributed by atoms with Gasteiger partial charge in [0.05, 0.1) is 5.60 Å². The zero-order valence-electron chi connectivity index (χ0n) is 10.4. The van der Waals surface area contributed by atoms with Crippen molar-refractivity contribution in [2.45, 2.75) is 51.7 Å². The van der Waals surface area contributed by atoms with Crippen LogP contribution in [0.2, 0.25) is 0 Å². The SMILES string of the molecule is CCC(O)(CC)CN1CC(CN)CC1C. The van der Waals surface area contributed by atoms with Crippen molar-refractivity contribution in [3.8, 4) is 0 Å². The Morgan fingerprint density at radius 3 is 2.40 bits per heavy atom. The van der Waals surface area contributed by atoms with Crippen molar-refractivity contribution in [2.75, 3.05) is 19.6 Å². The molecule has 1 heterocycles. The molecule has 90 valence electrons. The lowest BCUT2D eigenvalue weighted by atomic mass is 9.96. The van der Waals surface area contributed by atoms with E-state index in [-0.39, 0.29) is 0 Å². The largest absolute Gasteiger partial charge is 0.389 e. The molecule has 3 N–H and O–H groups in total. The summed E-state index contributed by atoms with van der Waals surface area (Å²) in [6, 6.07) is 0.572. The quantitative estimate of drug-likeness (QED) is 0.723. The molecule has 0 aliphatic carbocycles. The van der Waals surface area contributed by atoms with Crippen molar-refractivity contribution in [2.24, 2.45) is 11.7 Å². The molecule has 1 rings (SSSR count). The van der Waals surface area contributed by atoms with Gasteiger partial charge in [-0.05, 0) is 38.6 Å². The van der Waals surface area contributed by atoms with Crippen molar-refractivity contribution in [3.05, 3.63) is 0 Å². The van der Waals surface area contributed by atoms with E-state index in [1.807, 2.05) is 0 Å². The maximum absolute atomic E-state index is 10.3. The van der Waals surface area contributed by atoms with Crippen molar-refractivity contribution in [3.63, 3.8) is 0 Å². The molecule has 0 bridgehead atoms. The molecule has 15 heavy (non-hydrogen) atoms. The van der Waals surface area contributed by atoms with Crippen LogP contribution in [0.1, 0.15) is 40.0 Å². The summed E-state index contributed by atoms with van der Waals surface area (Å²) in [6.07, 6.45) is 2.85. The Labute approximate surface area is 93.6 Å². The minimum absolute atomic E-state index is 0.502. The Morgan fingerprint density at radius 1 is 1.40 bits per heavy atom. The van der Waals surface area contributed by atoms with Crippen LogP contribution in [0.25, 0.3) is 0 Å². The predicted octanol–water partition coefficient (Wildman–Crippen LogP) is 1.21. The summed E-state index contributed by atoms with van der Waals surface area (Å²) in [5.41, 5.74) is 5.20. The Kier molecular flexibility index (Phi) is 4.56. The highest BCUT2D eigenvalue weighted by Gasteiger charge is 2.33. The summed E-state index contributed by atoms with van der Waals surface area (Å²) >= 11 is 0. The minimum atomic E-state index is -0.502. The lowest BCUT2D eigenvalue weighted by molar-refractivity contribution is -0.00570. The van der Waals surface area contributed by atoms with E-state index in [9.17, 15) is 5.11 Å². The standard InChI is InChI=1S/C12H26N2O/c1-4-12(15,5-2)9-14-8-11(7-13)6-10(14)3/h10-11,15H,4-9,13H2,1-3H3. The highest BCUT2D eigenvalue weighted by Crippen LogP contribution is 2.26. The van der Waals surface area contributed by atoms with E-state index in [2.05, 4.69) is 25.7 Å². The van der Waals surface area contributed by atoms with Gasteiger partial charge in [-0.1, -0.05) is 13.8 Å². The fourth-order valence-electron chi connectivity index (χ4n) is 2.46. The summed E-state index contributed by atoms with van der Waals surface area (Å²) in [5, 5.41) is 10.3. The monoisotopic (exact) mass is 214 g/mol. The Bertz CT molecular complexity index is 192. The number of hydrogen-bond donors (Lipinski definition) is 2. The molecule has 0 aromatic heterocycles.